The van der Waals surface area contributed by atoms with Crippen molar-refractivity contribution in [3.8, 4) is 0 Å². The van der Waals surface area contributed by atoms with Crippen LogP contribution in [0.4, 0.5) is 0 Å². The van der Waals surface area contributed by atoms with Crippen LogP contribution in [0.25, 0.3) is 0 Å². The quantitative estimate of drug-likeness (QED) is 0.345. The van der Waals surface area contributed by atoms with Crippen LogP contribution in [0.2, 0.25) is 0 Å². The predicted octanol–water partition coefficient (Wildman–Crippen LogP) is 3.62. The Balaban J connectivity index is 1.98. The second kappa shape index (κ2) is 9.51. The molecule has 3 rings (SSSR count). The van der Waals surface area contributed by atoms with Gasteiger partial charge in [-0.25, -0.2) is 8.42 Å². The lowest BCUT2D eigenvalue weighted by Crippen LogP contribution is -2.48. The molecular formula is C22H28ClN3O4S2. The van der Waals surface area contributed by atoms with Crippen molar-refractivity contribution < 1.29 is 16.8 Å². The zero-order chi connectivity index (χ0) is 23.7. The number of alkyl halides is 1. The zero-order valence-corrected chi connectivity index (χ0v) is 21.0. The highest BCUT2D eigenvalue weighted by atomic mass is 35.5. The van der Waals surface area contributed by atoms with Gasteiger partial charge in [0.1, 0.15) is 5.84 Å². The molecule has 1 saturated heterocycles. The first-order chi connectivity index (χ1) is 15.0. The van der Waals surface area contributed by atoms with Crippen molar-refractivity contribution in [3.05, 3.63) is 59.7 Å². The van der Waals surface area contributed by atoms with Crippen LogP contribution in [-0.4, -0.2) is 57.0 Å². The SMILES string of the molecule is Cc1ccc(S(=O)(=O)/N=C(\CCl)N2CCN(S(=O)(=O)c3ccc(C)cc3)C2C(C)C)cc1. The summed E-state index contributed by atoms with van der Waals surface area (Å²) in [4.78, 5) is 1.96. The van der Waals surface area contributed by atoms with Crippen LogP contribution >= 0.6 is 11.6 Å². The molecule has 0 bridgehead atoms. The van der Waals surface area contributed by atoms with Gasteiger partial charge >= 0.3 is 0 Å². The molecule has 0 aromatic heterocycles. The van der Waals surface area contributed by atoms with Gasteiger partial charge in [0.2, 0.25) is 10.0 Å². The largest absolute Gasteiger partial charge is 0.340 e. The topological polar surface area (TPSA) is 87.1 Å². The Morgan fingerprint density at radius 3 is 1.91 bits per heavy atom. The number of rotatable bonds is 6. The number of nitrogens with zero attached hydrogens (tertiary/aromatic N) is 3. The summed E-state index contributed by atoms with van der Waals surface area (Å²) in [6.45, 7) is 8.04. The number of hydrogen-bond acceptors (Lipinski definition) is 4. The van der Waals surface area contributed by atoms with Crippen LogP contribution in [0.3, 0.4) is 0 Å². The Labute approximate surface area is 195 Å². The second-order valence-corrected chi connectivity index (χ2v) is 12.0. The van der Waals surface area contributed by atoms with E-state index in [0.717, 1.165) is 11.1 Å². The molecule has 1 atom stereocenters. The molecule has 1 heterocycles. The molecule has 0 saturated carbocycles. The zero-order valence-electron chi connectivity index (χ0n) is 18.6. The highest BCUT2D eigenvalue weighted by Crippen LogP contribution is 2.30. The molecule has 1 fully saturated rings. The average molecular weight is 498 g/mol. The van der Waals surface area contributed by atoms with Crippen LogP contribution in [0, 0.1) is 19.8 Å². The first-order valence-corrected chi connectivity index (χ1v) is 13.7. The molecular weight excluding hydrogens is 470 g/mol. The first kappa shape index (κ1) is 24.7. The van der Waals surface area contributed by atoms with Crippen molar-refractivity contribution in [2.75, 3.05) is 19.0 Å². The fourth-order valence-corrected chi connectivity index (χ4v) is 6.79. The van der Waals surface area contributed by atoms with E-state index in [1.54, 1.807) is 41.3 Å². The lowest BCUT2D eigenvalue weighted by Gasteiger charge is -2.34. The van der Waals surface area contributed by atoms with Crippen molar-refractivity contribution in [3.63, 3.8) is 0 Å². The highest BCUT2D eigenvalue weighted by molar-refractivity contribution is 7.90. The van der Waals surface area contributed by atoms with E-state index in [2.05, 4.69) is 4.40 Å². The third-order valence-corrected chi connectivity index (χ3v) is 8.84. The molecule has 174 valence electrons. The highest BCUT2D eigenvalue weighted by Gasteiger charge is 2.43. The molecule has 0 radical (unpaired) electrons. The number of sulfonamides is 2. The lowest BCUT2D eigenvalue weighted by molar-refractivity contribution is 0.211. The maximum Gasteiger partial charge on any atom is 0.283 e. The average Bonchev–Trinajstić information content (AvgIpc) is 3.19. The molecule has 10 heteroatoms. The molecule has 2 aromatic carbocycles. The van der Waals surface area contributed by atoms with Crippen LogP contribution in [0.1, 0.15) is 25.0 Å². The van der Waals surface area contributed by atoms with Crippen LogP contribution in [0.15, 0.2) is 62.7 Å². The fourth-order valence-electron chi connectivity index (χ4n) is 3.76. The Morgan fingerprint density at radius 1 is 0.938 bits per heavy atom. The van der Waals surface area contributed by atoms with Crippen LogP contribution < -0.4 is 0 Å². The summed E-state index contributed by atoms with van der Waals surface area (Å²) in [6.07, 6.45) is -0.605. The number of benzene rings is 2. The van der Waals surface area contributed by atoms with Gasteiger partial charge in [0.25, 0.3) is 10.0 Å². The standard InChI is InChI=1S/C22H28ClN3O4S2/c1-16(2)22-25(13-14-26(22)32(29,30)20-11-7-18(4)8-12-20)21(15-23)24-31(27,28)19-9-5-17(3)6-10-19/h5-12,16,22H,13-15H2,1-4H3/b24-21+. The molecule has 0 aliphatic carbocycles. The van der Waals surface area contributed by atoms with Gasteiger partial charge in [-0.15, -0.1) is 16.0 Å². The minimum Gasteiger partial charge on any atom is -0.340 e. The van der Waals surface area contributed by atoms with Gasteiger partial charge in [0, 0.05) is 13.1 Å². The third kappa shape index (κ3) is 5.01. The smallest absolute Gasteiger partial charge is 0.283 e. The van der Waals surface area contributed by atoms with Gasteiger partial charge in [-0.1, -0.05) is 49.2 Å². The Bertz CT molecular complexity index is 1190. The summed E-state index contributed by atoms with van der Waals surface area (Å²) in [5.41, 5.74) is 1.90. The maximum atomic E-state index is 13.4. The van der Waals surface area contributed by atoms with E-state index in [1.807, 2.05) is 27.7 Å². The summed E-state index contributed by atoms with van der Waals surface area (Å²) in [5.74, 6) is -0.159. The number of aryl methyl sites for hydroxylation is 2. The third-order valence-electron chi connectivity index (χ3n) is 5.39. The van der Waals surface area contributed by atoms with Gasteiger partial charge in [-0.3, -0.25) is 0 Å². The van der Waals surface area contributed by atoms with Crippen LogP contribution in [0.5, 0.6) is 0 Å². The summed E-state index contributed by atoms with van der Waals surface area (Å²) < 4.78 is 57.9. The van der Waals surface area contributed by atoms with Crippen molar-refractivity contribution >= 4 is 37.5 Å². The fraction of sp³-hybridized carbons (Fsp3) is 0.409. The van der Waals surface area contributed by atoms with Crippen molar-refractivity contribution in [2.45, 2.75) is 43.7 Å². The molecule has 0 amide bonds. The van der Waals surface area contributed by atoms with E-state index in [0.29, 0.717) is 6.54 Å². The normalized spacial score (nSPS) is 18.5. The lowest BCUT2D eigenvalue weighted by atomic mass is 10.1. The Hall–Kier alpha value is -1.94. The molecule has 0 spiro atoms. The first-order valence-electron chi connectivity index (χ1n) is 10.3. The van der Waals surface area contributed by atoms with Gasteiger partial charge in [0.05, 0.1) is 21.8 Å². The molecule has 1 aliphatic rings. The van der Waals surface area contributed by atoms with Crippen molar-refractivity contribution in [2.24, 2.45) is 10.3 Å². The molecule has 2 aromatic rings. The van der Waals surface area contributed by atoms with Crippen molar-refractivity contribution in [1.82, 2.24) is 9.21 Å². The Morgan fingerprint density at radius 2 is 1.44 bits per heavy atom. The molecule has 7 nitrogen and oxygen atoms in total. The molecule has 1 unspecified atom stereocenters. The summed E-state index contributed by atoms with van der Waals surface area (Å²) in [5, 5.41) is 0. The summed E-state index contributed by atoms with van der Waals surface area (Å²) >= 11 is 6.13. The predicted molar refractivity (Wildman–Crippen MR) is 127 cm³/mol. The monoisotopic (exact) mass is 497 g/mol. The van der Waals surface area contributed by atoms with E-state index in [1.165, 1.54) is 16.4 Å². The van der Waals surface area contributed by atoms with E-state index in [-0.39, 0.29) is 34.0 Å². The summed E-state index contributed by atoms with van der Waals surface area (Å²) in [6, 6.07) is 13.1. The van der Waals surface area contributed by atoms with E-state index >= 15 is 0 Å². The van der Waals surface area contributed by atoms with E-state index < -0.39 is 26.2 Å². The van der Waals surface area contributed by atoms with Gasteiger partial charge in [-0.2, -0.15) is 12.7 Å². The van der Waals surface area contributed by atoms with Crippen LogP contribution in [-0.2, 0) is 20.0 Å². The second-order valence-electron chi connectivity index (χ2n) is 8.21. The van der Waals surface area contributed by atoms with E-state index in [9.17, 15) is 16.8 Å². The Kier molecular flexibility index (Phi) is 7.34. The van der Waals surface area contributed by atoms with E-state index in [4.69, 9.17) is 11.6 Å². The van der Waals surface area contributed by atoms with Gasteiger partial charge < -0.3 is 4.90 Å². The maximum absolute atomic E-state index is 13.4. The van der Waals surface area contributed by atoms with Gasteiger partial charge in [-0.05, 0) is 44.0 Å². The number of halogens is 1. The molecule has 0 N–H and O–H groups in total. The number of hydrogen-bond donors (Lipinski definition) is 0. The summed E-state index contributed by atoms with van der Waals surface area (Å²) in [7, 11) is -7.77. The van der Waals surface area contributed by atoms with Crippen molar-refractivity contribution in [1.29, 1.82) is 0 Å². The minimum absolute atomic E-state index is 0.0649. The molecule has 1 aliphatic heterocycles. The number of amidine groups is 1. The van der Waals surface area contributed by atoms with Gasteiger partial charge in [0.15, 0.2) is 0 Å². The molecule has 32 heavy (non-hydrogen) atoms. The minimum atomic E-state index is -3.99.